The monoisotopic (exact) mass is 382 g/mol. The first-order valence-electron chi connectivity index (χ1n) is 8.45. The fraction of sp³-hybridized carbons (Fsp3) is 0.412. The first kappa shape index (κ1) is 18.9. The van der Waals surface area contributed by atoms with Gasteiger partial charge in [0.2, 0.25) is 5.82 Å². The minimum atomic E-state index is -4.46. The Kier molecular flexibility index (Phi) is 5.43. The predicted octanol–water partition coefficient (Wildman–Crippen LogP) is 4.86. The zero-order valence-electron chi connectivity index (χ0n) is 14.2. The molecule has 0 saturated heterocycles. The van der Waals surface area contributed by atoms with Gasteiger partial charge in [0.05, 0.1) is 10.5 Å². The van der Waals surface area contributed by atoms with Crippen LogP contribution in [0.1, 0.15) is 37.7 Å². The number of nitrogens with zero attached hydrogens (tertiary/aromatic N) is 3. The predicted molar refractivity (Wildman–Crippen MR) is 90.9 cm³/mol. The Balaban J connectivity index is 1.84. The maximum Gasteiger partial charge on any atom is 0.416 e. The second-order valence-corrected chi connectivity index (χ2v) is 6.21. The highest BCUT2D eigenvalue weighted by molar-refractivity contribution is 5.68. The largest absolute Gasteiger partial charge is 0.469 e. The first-order valence-corrected chi connectivity index (χ1v) is 8.45. The van der Waals surface area contributed by atoms with Crippen molar-refractivity contribution < 1.29 is 22.8 Å². The number of hydrogen-bond acceptors (Lipinski definition) is 6. The summed E-state index contributed by atoms with van der Waals surface area (Å²) >= 11 is 0. The minimum absolute atomic E-state index is 0.138. The molecule has 1 N–H and O–H groups in total. The van der Waals surface area contributed by atoms with Crippen LogP contribution in [0, 0.1) is 10.1 Å². The van der Waals surface area contributed by atoms with Crippen molar-refractivity contribution in [2.45, 2.75) is 44.4 Å². The lowest BCUT2D eigenvalue weighted by molar-refractivity contribution is -0.385. The highest BCUT2D eigenvalue weighted by Gasteiger charge is 2.30. The fourth-order valence-electron chi connectivity index (χ4n) is 2.93. The molecule has 1 saturated carbocycles. The molecule has 0 aliphatic heterocycles. The molecule has 1 heterocycles. The maximum absolute atomic E-state index is 12.6. The van der Waals surface area contributed by atoms with E-state index in [1.54, 1.807) is 0 Å². The Morgan fingerprint density at radius 3 is 2.37 bits per heavy atom. The smallest absolute Gasteiger partial charge is 0.416 e. The molecule has 0 radical (unpaired) electrons. The summed E-state index contributed by atoms with van der Waals surface area (Å²) in [6, 6.07) is 4.12. The van der Waals surface area contributed by atoms with Crippen molar-refractivity contribution in [2.24, 2.45) is 0 Å². The van der Waals surface area contributed by atoms with Gasteiger partial charge in [0.1, 0.15) is 12.4 Å². The van der Waals surface area contributed by atoms with Gasteiger partial charge in [0.15, 0.2) is 0 Å². The number of hydrogen-bond donors (Lipinski definition) is 1. The molecule has 27 heavy (non-hydrogen) atoms. The molecule has 2 aromatic rings. The van der Waals surface area contributed by atoms with E-state index in [1.807, 2.05) is 0 Å². The van der Waals surface area contributed by atoms with Crippen molar-refractivity contribution in [1.29, 1.82) is 0 Å². The highest BCUT2D eigenvalue weighted by Crippen LogP contribution is 2.36. The Morgan fingerprint density at radius 2 is 1.78 bits per heavy atom. The molecule has 0 amide bonds. The Labute approximate surface area is 152 Å². The van der Waals surface area contributed by atoms with E-state index >= 15 is 0 Å². The molecule has 1 aliphatic carbocycles. The number of anilines is 2. The van der Waals surface area contributed by atoms with Crippen LogP contribution in [0.25, 0.3) is 0 Å². The quantitative estimate of drug-likeness (QED) is 0.587. The topological polar surface area (TPSA) is 90.2 Å². The lowest BCUT2D eigenvalue weighted by Crippen LogP contribution is -2.21. The molecule has 0 bridgehead atoms. The number of rotatable bonds is 5. The molecule has 3 rings (SSSR count). The van der Waals surface area contributed by atoms with Gasteiger partial charge >= 0.3 is 11.9 Å². The maximum atomic E-state index is 12.6. The number of ether oxygens (including phenoxy) is 1. The Bertz CT molecular complexity index is 806. The third-order valence-electron chi connectivity index (χ3n) is 4.28. The molecular formula is C17H17F3N4O3. The number of halogens is 3. The highest BCUT2D eigenvalue weighted by atomic mass is 19.4. The Hall–Kier alpha value is -2.91. The van der Waals surface area contributed by atoms with Gasteiger partial charge in [-0.1, -0.05) is 6.42 Å². The molecular weight excluding hydrogens is 365 g/mol. The van der Waals surface area contributed by atoms with E-state index in [9.17, 15) is 23.3 Å². The third-order valence-corrected chi connectivity index (χ3v) is 4.28. The molecule has 144 valence electrons. The van der Waals surface area contributed by atoms with Gasteiger partial charge in [-0.3, -0.25) is 10.1 Å². The van der Waals surface area contributed by atoms with Gasteiger partial charge in [-0.2, -0.15) is 18.2 Å². The van der Waals surface area contributed by atoms with Crippen LogP contribution in [0.3, 0.4) is 0 Å². The second-order valence-electron chi connectivity index (χ2n) is 6.21. The van der Waals surface area contributed by atoms with Crippen LogP contribution in [0.15, 0.2) is 30.6 Å². The molecule has 0 atom stereocenters. The van der Waals surface area contributed by atoms with Crippen molar-refractivity contribution in [3.63, 3.8) is 0 Å². The fourth-order valence-corrected chi connectivity index (χ4v) is 2.93. The lowest BCUT2D eigenvalue weighted by atomic mass is 9.98. The molecule has 0 spiro atoms. The van der Waals surface area contributed by atoms with E-state index in [1.165, 1.54) is 12.1 Å². The van der Waals surface area contributed by atoms with E-state index in [0.717, 1.165) is 50.6 Å². The van der Waals surface area contributed by atoms with Gasteiger partial charge in [-0.15, -0.1) is 0 Å². The van der Waals surface area contributed by atoms with Crippen molar-refractivity contribution in [3.8, 4) is 5.88 Å². The lowest BCUT2D eigenvalue weighted by Gasteiger charge is -2.22. The Morgan fingerprint density at radius 1 is 1.11 bits per heavy atom. The van der Waals surface area contributed by atoms with Crippen molar-refractivity contribution in [1.82, 2.24) is 9.97 Å². The summed E-state index contributed by atoms with van der Waals surface area (Å²) in [5.74, 6) is -0.281. The summed E-state index contributed by atoms with van der Waals surface area (Å²) < 4.78 is 43.6. The molecule has 1 aliphatic rings. The third kappa shape index (κ3) is 4.63. The summed E-state index contributed by atoms with van der Waals surface area (Å²) in [6.07, 6.45) is 1.18. The van der Waals surface area contributed by atoms with Gasteiger partial charge in [0, 0.05) is 5.69 Å². The summed E-state index contributed by atoms with van der Waals surface area (Å²) in [7, 11) is 0. The van der Waals surface area contributed by atoms with Crippen molar-refractivity contribution >= 4 is 17.2 Å². The van der Waals surface area contributed by atoms with Crippen molar-refractivity contribution in [3.05, 3.63) is 46.3 Å². The summed E-state index contributed by atoms with van der Waals surface area (Å²) in [4.78, 5) is 18.6. The average molecular weight is 382 g/mol. The van der Waals surface area contributed by atoms with Gasteiger partial charge in [-0.25, -0.2) is 4.98 Å². The molecule has 0 unspecified atom stereocenters. The number of benzene rings is 1. The zero-order valence-corrected chi connectivity index (χ0v) is 14.2. The van der Waals surface area contributed by atoms with Crippen LogP contribution < -0.4 is 10.1 Å². The van der Waals surface area contributed by atoms with E-state index < -0.39 is 22.4 Å². The summed E-state index contributed by atoms with van der Waals surface area (Å²) in [6.45, 7) is 0. The number of alkyl halides is 3. The standard InChI is InChI=1S/C17H17F3N4O3/c18-17(19,20)11-6-8-12(9-7-11)23-15-14(24(25)26)16(22-10-21-15)27-13-4-2-1-3-5-13/h6-10,13H,1-5H2,(H,21,22,23). The first-order chi connectivity index (χ1) is 12.8. The van der Waals surface area contributed by atoms with Crippen LogP contribution >= 0.6 is 0 Å². The average Bonchev–Trinajstić information content (AvgIpc) is 2.62. The molecule has 7 nitrogen and oxygen atoms in total. The van der Waals surface area contributed by atoms with Gasteiger partial charge in [0.25, 0.3) is 5.88 Å². The summed E-state index contributed by atoms with van der Waals surface area (Å²) in [5.41, 5.74) is -1.03. The van der Waals surface area contributed by atoms with Gasteiger partial charge in [-0.05, 0) is 49.9 Å². The van der Waals surface area contributed by atoms with E-state index in [2.05, 4.69) is 15.3 Å². The normalized spacial score (nSPS) is 15.4. The number of aromatic nitrogens is 2. The second kappa shape index (κ2) is 7.77. The van der Waals surface area contributed by atoms with E-state index in [-0.39, 0.29) is 23.5 Å². The van der Waals surface area contributed by atoms with Crippen LogP contribution in [0.4, 0.5) is 30.4 Å². The van der Waals surface area contributed by atoms with Crippen LogP contribution in [-0.4, -0.2) is 21.0 Å². The van der Waals surface area contributed by atoms with Crippen LogP contribution in [0.5, 0.6) is 5.88 Å². The van der Waals surface area contributed by atoms with Gasteiger partial charge < -0.3 is 10.1 Å². The number of nitrogens with one attached hydrogen (secondary N) is 1. The minimum Gasteiger partial charge on any atom is -0.469 e. The molecule has 1 aromatic heterocycles. The van der Waals surface area contributed by atoms with E-state index in [0.29, 0.717) is 0 Å². The van der Waals surface area contributed by atoms with Crippen LogP contribution in [-0.2, 0) is 6.18 Å². The van der Waals surface area contributed by atoms with E-state index in [4.69, 9.17) is 4.74 Å². The summed E-state index contributed by atoms with van der Waals surface area (Å²) in [5, 5.41) is 14.2. The zero-order chi connectivity index (χ0) is 19.4. The van der Waals surface area contributed by atoms with Crippen molar-refractivity contribution in [2.75, 3.05) is 5.32 Å². The van der Waals surface area contributed by atoms with Crippen LogP contribution in [0.2, 0.25) is 0 Å². The SMILES string of the molecule is O=[N+]([O-])c1c(Nc2ccc(C(F)(F)F)cc2)ncnc1OC1CCCCC1. The molecule has 1 fully saturated rings. The number of nitro groups is 1. The molecule has 10 heteroatoms. The molecule has 1 aromatic carbocycles.